The summed E-state index contributed by atoms with van der Waals surface area (Å²) in [6.07, 6.45) is 1.94. The van der Waals surface area contributed by atoms with Crippen LogP contribution in [-0.4, -0.2) is 37.2 Å². The van der Waals surface area contributed by atoms with Crippen LogP contribution in [0.5, 0.6) is 0 Å². The predicted molar refractivity (Wildman–Crippen MR) is 73.2 cm³/mol. The lowest BCUT2D eigenvalue weighted by Crippen LogP contribution is -2.39. The van der Waals surface area contributed by atoms with Crippen molar-refractivity contribution in [3.8, 4) is 0 Å². The summed E-state index contributed by atoms with van der Waals surface area (Å²) in [5, 5.41) is 1.97. The summed E-state index contributed by atoms with van der Waals surface area (Å²) < 4.78 is 28.4. The number of halogens is 1. The first-order valence-corrected chi connectivity index (χ1v) is 8.51. The summed E-state index contributed by atoms with van der Waals surface area (Å²) in [5.41, 5.74) is 1.02. The van der Waals surface area contributed by atoms with E-state index in [1.54, 1.807) is 22.7 Å². The molecule has 0 saturated carbocycles. The molecule has 17 heavy (non-hydrogen) atoms. The second-order valence-electron chi connectivity index (χ2n) is 4.13. The summed E-state index contributed by atoms with van der Waals surface area (Å²) in [6.45, 7) is 1.74. The highest BCUT2D eigenvalue weighted by Gasteiger charge is 2.29. The van der Waals surface area contributed by atoms with Crippen LogP contribution in [0.3, 0.4) is 0 Å². The zero-order valence-electron chi connectivity index (χ0n) is 9.60. The lowest BCUT2D eigenvalue weighted by Gasteiger charge is -2.23. The van der Waals surface area contributed by atoms with E-state index in [0.29, 0.717) is 19.6 Å². The zero-order chi connectivity index (χ0) is 12.5. The van der Waals surface area contributed by atoms with Gasteiger partial charge in [0.15, 0.2) is 0 Å². The van der Waals surface area contributed by atoms with Gasteiger partial charge >= 0.3 is 0 Å². The lowest BCUT2D eigenvalue weighted by molar-refractivity contribution is 0.392. The van der Waals surface area contributed by atoms with Crippen molar-refractivity contribution in [3.63, 3.8) is 0 Å². The highest BCUT2D eigenvalue weighted by molar-refractivity contribution is 9.11. The molecule has 0 unspecified atom stereocenters. The standard InChI is InChI=1S/C10H15BrN2O2S2/c1-12(7-9-6-10(11)16-8-9)17(14,15)13-4-2-3-5-13/h6,8H,2-5,7H2,1H3. The molecule has 4 nitrogen and oxygen atoms in total. The van der Waals surface area contributed by atoms with Crippen LogP contribution in [0.2, 0.25) is 0 Å². The molecule has 1 saturated heterocycles. The molecule has 0 atom stereocenters. The fraction of sp³-hybridized carbons (Fsp3) is 0.600. The van der Waals surface area contributed by atoms with Crippen LogP contribution in [-0.2, 0) is 16.8 Å². The average Bonchev–Trinajstić information content (AvgIpc) is 2.89. The van der Waals surface area contributed by atoms with Crippen molar-refractivity contribution >= 4 is 37.5 Å². The summed E-state index contributed by atoms with van der Waals surface area (Å²) in [7, 11) is -1.63. The van der Waals surface area contributed by atoms with Gasteiger partial charge in [-0.2, -0.15) is 17.0 Å². The Morgan fingerprint density at radius 3 is 2.65 bits per heavy atom. The van der Waals surface area contributed by atoms with Crippen LogP contribution in [0.15, 0.2) is 15.2 Å². The molecule has 0 amide bonds. The molecule has 2 heterocycles. The number of rotatable bonds is 4. The number of thiophene rings is 1. The Balaban J connectivity index is 2.06. The summed E-state index contributed by atoms with van der Waals surface area (Å²) in [5.74, 6) is 0. The van der Waals surface area contributed by atoms with E-state index in [4.69, 9.17) is 0 Å². The van der Waals surface area contributed by atoms with Gasteiger partial charge in [0.2, 0.25) is 0 Å². The summed E-state index contributed by atoms with van der Waals surface area (Å²) in [4.78, 5) is 0. The Morgan fingerprint density at radius 2 is 2.12 bits per heavy atom. The van der Waals surface area contributed by atoms with Gasteiger partial charge in [-0.05, 0) is 45.8 Å². The zero-order valence-corrected chi connectivity index (χ0v) is 12.8. The van der Waals surface area contributed by atoms with Crippen molar-refractivity contribution in [1.29, 1.82) is 0 Å². The minimum absolute atomic E-state index is 0.431. The van der Waals surface area contributed by atoms with Gasteiger partial charge in [0.05, 0.1) is 3.79 Å². The molecule has 0 N–H and O–H groups in total. The van der Waals surface area contributed by atoms with Crippen molar-refractivity contribution in [2.75, 3.05) is 20.1 Å². The minimum atomic E-state index is -3.27. The van der Waals surface area contributed by atoms with Gasteiger partial charge in [-0.3, -0.25) is 0 Å². The number of hydrogen-bond acceptors (Lipinski definition) is 3. The van der Waals surface area contributed by atoms with Gasteiger partial charge in [0.25, 0.3) is 10.2 Å². The van der Waals surface area contributed by atoms with Gasteiger partial charge in [0.1, 0.15) is 0 Å². The monoisotopic (exact) mass is 338 g/mol. The van der Waals surface area contributed by atoms with Crippen molar-refractivity contribution < 1.29 is 8.42 Å². The molecule has 96 valence electrons. The van der Waals surface area contributed by atoms with Gasteiger partial charge < -0.3 is 0 Å². The lowest BCUT2D eigenvalue weighted by atomic mass is 10.3. The molecule has 0 radical (unpaired) electrons. The van der Waals surface area contributed by atoms with E-state index in [9.17, 15) is 8.42 Å². The minimum Gasteiger partial charge on any atom is -0.195 e. The second kappa shape index (κ2) is 5.36. The van der Waals surface area contributed by atoms with Crippen LogP contribution in [0.4, 0.5) is 0 Å². The van der Waals surface area contributed by atoms with Gasteiger partial charge in [0, 0.05) is 26.7 Å². The van der Waals surface area contributed by atoms with E-state index in [1.165, 1.54) is 4.31 Å². The van der Waals surface area contributed by atoms with E-state index < -0.39 is 10.2 Å². The third-order valence-electron chi connectivity index (χ3n) is 2.81. The van der Waals surface area contributed by atoms with Crippen LogP contribution >= 0.6 is 27.3 Å². The molecule has 1 fully saturated rings. The maximum absolute atomic E-state index is 12.2. The predicted octanol–water partition coefficient (Wildman–Crippen LogP) is 2.28. The molecule has 0 bridgehead atoms. The topological polar surface area (TPSA) is 40.6 Å². The first kappa shape index (κ1) is 13.5. The van der Waals surface area contributed by atoms with Gasteiger partial charge in [-0.1, -0.05) is 0 Å². The molecule has 0 spiro atoms. The third kappa shape index (κ3) is 3.08. The van der Waals surface area contributed by atoms with E-state index >= 15 is 0 Å². The van der Waals surface area contributed by atoms with E-state index in [0.717, 1.165) is 22.2 Å². The normalized spacial score (nSPS) is 18.1. The Bertz CT molecular complexity index is 480. The van der Waals surface area contributed by atoms with Crippen molar-refractivity contribution in [2.24, 2.45) is 0 Å². The van der Waals surface area contributed by atoms with Crippen LogP contribution in [0.1, 0.15) is 18.4 Å². The van der Waals surface area contributed by atoms with E-state index in [1.807, 2.05) is 11.4 Å². The molecule has 2 rings (SSSR count). The quantitative estimate of drug-likeness (QED) is 0.844. The van der Waals surface area contributed by atoms with Crippen molar-refractivity contribution in [2.45, 2.75) is 19.4 Å². The van der Waals surface area contributed by atoms with E-state index in [-0.39, 0.29) is 0 Å². The fourth-order valence-electron chi connectivity index (χ4n) is 1.88. The smallest absolute Gasteiger partial charge is 0.195 e. The molecule has 0 aromatic carbocycles. The number of hydrogen-bond donors (Lipinski definition) is 0. The maximum atomic E-state index is 12.2. The first-order chi connectivity index (χ1) is 8.00. The molecular formula is C10H15BrN2O2S2. The molecule has 0 aliphatic carbocycles. The molecule has 7 heteroatoms. The molecule has 1 aromatic rings. The van der Waals surface area contributed by atoms with Crippen molar-refractivity contribution in [3.05, 3.63) is 20.8 Å². The van der Waals surface area contributed by atoms with E-state index in [2.05, 4.69) is 15.9 Å². The van der Waals surface area contributed by atoms with Gasteiger partial charge in [-0.15, -0.1) is 11.3 Å². The van der Waals surface area contributed by atoms with Crippen LogP contribution < -0.4 is 0 Å². The fourth-order valence-corrected chi connectivity index (χ4v) is 4.51. The Kier molecular flexibility index (Phi) is 4.25. The highest BCUT2D eigenvalue weighted by atomic mass is 79.9. The molecule has 1 aromatic heterocycles. The van der Waals surface area contributed by atoms with Gasteiger partial charge in [-0.25, -0.2) is 0 Å². The molecule has 1 aliphatic rings. The van der Waals surface area contributed by atoms with Crippen LogP contribution in [0.25, 0.3) is 0 Å². The highest BCUT2D eigenvalue weighted by Crippen LogP contribution is 2.23. The van der Waals surface area contributed by atoms with Crippen LogP contribution in [0, 0.1) is 0 Å². The largest absolute Gasteiger partial charge is 0.282 e. The Labute approximate surface area is 115 Å². The second-order valence-corrected chi connectivity index (χ2v) is 8.45. The Hall–Kier alpha value is 0.0500. The van der Waals surface area contributed by atoms with Crippen molar-refractivity contribution in [1.82, 2.24) is 8.61 Å². The number of nitrogens with zero attached hydrogens (tertiary/aromatic N) is 2. The SMILES string of the molecule is CN(Cc1csc(Br)c1)S(=O)(=O)N1CCCC1. The Morgan fingerprint density at radius 1 is 1.47 bits per heavy atom. The molecule has 1 aliphatic heterocycles. The summed E-state index contributed by atoms with van der Waals surface area (Å²) in [6, 6.07) is 1.96. The summed E-state index contributed by atoms with van der Waals surface area (Å²) >= 11 is 4.95. The average molecular weight is 339 g/mol. The maximum Gasteiger partial charge on any atom is 0.282 e. The third-order valence-corrected chi connectivity index (χ3v) is 6.30. The molecular weight excluding hydrogens is 324 g/mol. The first-order valence-electron chi connectivity index (χ1n) is 5.44.